The third-order valence-electron chi connectivity index (χ3n) is 2.87. The molecule has 0 spiro atoms. The van der Waals surface area contributed by atoms with Crippen LogP contribution in [-0.2, 0) is 4.79 Å². The minimum Gasteiger partial charge on any atom is -0.395 e. The SMILES string of the molecule is CC#CC(=O)NCC1CCCCN1CCO. The molecule has 4 nitrogen and oxygen atoms in total. The molecule has 0 aromatic rings. The maximum Gasteiger partial charge on any atom is 0.295 e. The van der Waals surface area contributed by atoms with Crippen LogP contribution in [-0.4, -0.2) is 48.2 Å². The fraction of sp³-hybridized carbons (Fsp3) is 0.750. The topological polar surface area (TPSA) is 52.6 Å². The lowest BCUT2D eigenvalue weighted by Crippen LogP contribution is -2.47. The van der Waals surface area contributed by atoms with Crippen LogP contribution in [0.15, 0.2) is 0 Å². The molecule has 1 saturated heterocycles. The van der Waals surface area contributed by atoms with E-state index in [1.165, 1.54) is 12.8 Å². The lowest BCUT2D eigenvalue weighted by molar-refractivity contribution is -0.116. The summed E-state index contributed by atoms with van der Waals surface area (Å²) in [5.41, 5.74) is 0. The highest BCUT2D eigenvalue weighted by Crippen LogP contribution is 2.15. The molecule has 1 heterocycles. The molecule has 0 radical (unpaired) electrons. The van der Waals surface area contributed by atoms with Gasteiger partial charge in [-0.05, 0) is 32.2 Å². The van der Waals surface area contributed by atoms with Crippen molar-refractivity contribution in [3.63, 3.8) is 0 Å². The lowest BCUT2D eigenvalue weighted by Gasteiger charge is -2.35. The van der Waals surface area contributed by atoms with Crippen LogP contribution in [0.2, 0.25) is 0 Å². The largest absolute Gasteiger partial charge is 0.395 e. The first-order chi connectivity index (χ1) is 7.77. The number of hydrogen-bond donors (Lipinski definition) is 2. The average molecular weight is 224 g/mol. The van der Waals surface area contributed by atoms with Crippen molar-refractivity contribution in [2.45, 2.75) is 32.2 Å². The first-order valence-electron chi connectivity index (χ1n) is 5.83. The number of aliphatic hydroxyl groups excluding tert-OH is 1. The van der Waals surface area contributed by atoms with Gasteiger partial charge in [0.25, 0.3) is 5.91 Å². The molecule has 0 aliphatic carbocycles. The van der Waals surface area contributed by atoms with E-state index in [0.717, 1.165) is 13.0 Å². The Kier molecular flexibility index (Phi) is 5.91. The Morgan fingerprint density at radius 1 is 1.56 bits per heavy atom. The number of rotatable bonds is 4. The Morgan fingerprint density at radius 3 is 3.06 bits per heavy atom. The van der Waals surface area contributed by atoms with Crippen molar-refractivity contribution in [1.29, 1.82) is 0 Å². The van der Waals surface area contributed by atoms with Gasteiger partial charge in [-0.3, -0.25) is 9.69 Å². The molecule has 1 amide bonds. The van der Waals surface area contributed by atoms with E-state index in [-0.39, 0.29) is 12.5 Å². The van der Waals surface area contributed by atoms with Crippen molar-refractivity contribution in [3.05, 3.63) is 0 Å². The van der Waals surface area contributed by atoms with E-state index < -0.39 is 0 Å². The number of carbonyl (C=O) groups is 1. The number of β-amino-alcohol motifs (C(OH)–C–C–N with tert-alkyl or cyclic N) is 1. The van der Waals surface area contributed by atoms with Crippen molar-refractivity contribution in [3.8, 4) is 11.8 Å². The number of carbonyl (C=O) groups excluding carboxylic acids is 1. The summed E-state index contributed by atoms with van der Waals surface area (Å²) in [7, 11) is 0. The van der Waals surface area contributed by atoms with Gasteiger partial charge in [0, 0.05) is 19.1 Å². The van der Waals surface area contributed by atoms with Gasteiger partial charge in [-0.2, -0.15) is 0 Å². The Hall–Kier alpha value is -1.05. The Morgan fingerprint density at radius 2 is 2.38 bits per heavy atom. The van der Waals surface area contributed by atoms with Crippen LogP contribution in [0.25, 0.3) is 0 Å². The van der Waals surface area contributed by atoms with Crippen molar-refractivity contribution in [2.75, 3.05) is 26.2 Å². The Labute approximate surface area is 97.0 Å². The lowest BCUT2D eigenvalue weighted by atomic mass is 10.0. The van der Waals surface area contributed by atoms with Gasteiger partial charge >= 0.3 is 0 Å². The zero-order chi connectivity index (χ0) is 11.8. The minimum absolute atomic E-state index is 0.180. The second kappa shape index (κ2) is 7.26. The normalized spacial score (nSPS) is 21.0. The van der Waals surface area contributed by atoms with E-state index in [0.29, 0.717) is 19.1 Å². The fourth-order valence-electron chi connectivity index (χ4n) is 2.08. The van der Waals surface area contributed by atoms with Crippen molar-refractivity contribution in [1.82, 2.24) is 10.2 Å². The average Bonchev–Trinajstić information content (AvgIpc) is 2.29. The predicted molar refractivity (Wildman–Crippen MR) is 62.8 cm³/mol. The second-order valence-corrected chi connectivity index (χ2v) is 3.99. The molecule has 1 fully saturated rings. The van der Waals surface area contributed by atoms with E-state index >= 15 is 0 Å². The molecule has 1 unspecified atom stereocenters. The van der Waals surface area contributed by atoms with Gasteiger partial charge in [0.1, 0.15) is 0 Å². The Balaban J connectivity index is 2.36. The van der Waals surface area contributed by atoms with Gasteiger partial charge in [-0.25, -0.2) is 0 Å². The molecule has 0 aromatic carbocycles. The van der Waals surface area contributed by atoms with E-state index in [1.807, 2.05) is 0 Å². The predicted octanol–water partition coefficient (Wildman–Crippen LogP) is -0.0273. The molecule has 90 valence electrons. The Bertz CT molecular complexity index is 278. The highest BCUT2D eigenvalue weighted by Gasteiger charge is 2.21. The highest BCUT2D eigenvalue weighted by molar-refractivity contribution is 5.93. The number of likely N-dealkylation sites (tertiary alicyclic amines) is 1. The van der Waals surface area contributed by atoms with Crippen LogP contribution in [0.1, 0.15) is 26.2 Å². The zero-order valence-electron chi connectivity index (χ0n) is 9.83. The van der Waals surface area contributed by atoms with Gasteiger partial charge in [-0.1, -0.05) is 12.3 Å². The van der Waals surface area contributed by atoms with Crippen molar-refractivity contribution in [2.24, 2.45) is 0 Å². The molecule has 0 bridgehead atoms. The van der Waals surface area contributed by atoms with Gasteiger partial charge < -0.3 is 10.4 Å². The summed E-state index contributed by atoms with van der Waals surface area (Å²) < 4.78 is 0. The maximum atomic E-state index is 11.2. The standard InChI is InChI=1S/C12H20N2O2/c1-2-5-12(16)13-10-11-6-3-4-7-14(11)8-9-15/h11,15H,3-4,6-10H2,1H3,(H,13,16). The van der Waals surface area contributed by atoms with Crippen LogP contribution in [0, 0.1) is 11.8 Å². The van der Waals surface area contributed by atoms with Crippen molar-refractivity contribution >= 4 is 5.91 Å². The smallest absolute Gasteiger partial charge is 0.295 e. The van der Waals surface area contributed by atoms with Crippen LogP contribution < -0.4 is 5.32 Å². The first-order valence-corrected chi connectivity index (χ1v) is 5.83. The summed E-state index contributed by atoms with van der Waals surface area (Å²) in [6.07, 6.45) is 3.46. The molecule has 0 saturated carbocycles. The van der Waals surface area contributed by atoms with Gasteiger partial charge in [0.05, 0.1) is 6.61 Å². The number of nitrogens with zero attached hydrogens (tertiary/aromatic N) is 1. The quantitative estimate of drug-likeness (QED) is 0.660. The van der Waals surface area contributed by atoms with E-state index in [1.54, 1.807) is 6.92 Å². The third-order valence-corrected chi connectivity index (χ3v) is 2.87. The molecule has 2 N–H and O–H groups in total. The van der Waals surface area contributed by atoms with Gasteiger partial charge in [-0.15, -0.1) is 0 Å². The molecular formula is C12H20N2O2. The maximum absolute atomic E-state index is 11.2. The third kappa shape index (κ3) is 4.21. The van der Waals surface area contributed by atoms with E-state index in [9.17, 15) is 4.79 Å². The molecule has 1 aliphatic rings. The summed E-state index contributed by atoms with van der Waals surface area (Å²) >= 11 is 0. The van der Waals surface area contributed by atoms with Crippen LogP contribution in [0.5, 0.6) is 0 Å². The molecule has 1 rings (SSSR count). The van der Waals surface area contributed by atoms with Gasteiger partial charge in [0.15, 0.2) is 0 Å². The summed E-state index contributed by atoms with van der Waals surface area (Å²) in [4.78, 5) is 13.4. The number of nitrogens with one attached hydrogen (secondary N) is 1. The number of aliphatic hydroxyl groups is 1. The van der Waals surface area contributed by atoms with Crippen LogP contribution in [0.4, 0.5) is 0 Å². The summed E-state index contributed by atoms with van der Waals surface area (Å²) in [6.45, 7) is 4.17. The minimum atomic E-state index is -0.211. The molecule has 4 heteroatoms. The summed E-state index contributed by atoms with van der Waals surface area (Å²) in [5.74, 6) is 4.83. The molecule has 1 atom stereocenters. The van der Waals surface area contributed by atoms with E-state index in [4.69, 9.17) is 5.11 Å². The second-order valence-electron chi connectivity index (χ2n) is 3.99. The fourth-order valence-corrected chi connectivity index (χ4v) is 2.08. The molecule has 16 heavy (non-hydrogen) atoms. The summed E-state index contributed by atoms with van der Waals surface area (Å²) in [5, 5.41) is 11.8. The monoisotopic (exact) mass is 224 g/mol. The zero-order valence-corrected chi connectivity index (χ0v) is 9.83. The van der Waals surface area contributed by atoms with Crippen molar-refractivity contribution < 1.29 is 9.90 Å². The molecule has 1 aliphatic heterocycles. The number of hydrogen-bond acceptors (Lipinski definition) is 3. The van der Waals surface area contributed by atoms with Crippen LogP contribution >= 0.6 is 0 Å². The summed E-state index contributed by atoms with van der Waals surface area (Å²) in [6, 6.07) is 0.350. The highest BCUT2D eigenvalue weighted by atomic mass is 16.3. The van der Waals surface area contributed by atoms with Gasteiger partial charge in [0.2, 0.25) is 0 Å². The first kappa shape index (κ1) is 13.0. The number of amides is 1. The van der Waals surface area contributed by atoms with Crippen LogP contribution in [0.3, 0.4) is 0 Å². The number of piperidine rings is 1. The molecular weight excluding hydrogens is 204 g/mol. The molecule has 0 aromatic heterocycles. The van der Waals surface area contributed by atoms with E-state index in [2.05, 4.69) is 22.1 Å².